The number of aromatic nitrogens is 2. The smallest absolute Gasteiger partial charge is 0.312 e. The van der Waals surface area contributed by atoms with E-state index in [1.54, 1.807) is 13.8 Å². The van der Waals surface area contributed by atoms with Gasteiger partial charge in [-0.15, -0.1) is 0 Å². The summed E-state index contributed by atoms with van der Waals surface area (Å²) in [6.45, 7) is 10.5. The standard InChI is InChI=1S/C14H16N2O6S4/c1-5-11-9(3)15-13(23-11)21-25(17,18)7-8-26(19,20)22-14-16-10(4)12(6-2)24-14/h5-6H,1-2,7-8H2,3-4H3. The Kier molecular flexibility index (Phi) is 6.21. The van der Waals surface area contributed by atoms with Crippen LogP contribution in [-0.4, -0.2) is 38.3 Å². The van der Waals surface area contributed by atoms with Crippen LogP contribution in [0.4, 0.5) is 0 Å². The second-order valence-electron chi connectivity index (χ2n) is 4.96. The number of hydrogen-bond donors (Lipinski definition) is 0. The molecule has 0 amide bonds. The lowest BCUT2D eigenvalue weighted by molar-refractivity contribution is 0.473. The van der Waals surface area contributed by atoms with Gasteiger partial charge < -0.3 is 8.37 Å². The van der Waals surface area contributed by atoms with Gasteiger partial charge in [0.15, 0.2) is 0 Å². The molecular formula is C14H16N2O6S4. The quantitative estimate of drug-likeness (QED) is 0.551. The summed E-state index contributed by atoms with van der Waals surface area (Å²) in [5.74, 6) is -1.56. The topological polar surface area (TPSA) is 113 Å². The van der Waals surface area contributed by atoms with Gasteiger partial charge in [-0.25, -0.2) is 9.97 Å². The van der Waals surface area contributed by atoms with Crippen molar-refractivity contribution in [2.24, 2.45) is 0 Å². The third-order valence-corrected chi connectivity index (χ3v) is 7.74. The number of thiazole rings is 2. The predicted molar refractivity (Wildman–Crippen MR) is 103 cm³/mol. The van der Waals surface area contributed by atoms with Crippen molar-refractivity contribution in [2.45, 2.75) is 13.8 Å². The average molecular weight is 437 g/mol. The third kappa shape index (κ3) is 5.37. The monoisotopic (exact) mass is 436 g/mol. The highest BCUT2D eigenvalue weighted by molar-refractivity contribution is 7.91. The molecule has 8 nitrogen and oxygen atoms in total. The SMILES string of the molecule is C=Cc1sc(OS(=O)(=O)CCS(=O)(=O)Oc2nc(C)c(C=C)s2)nc1C. The number of hydrogen-bond acceptors (Lipinski definition) is 10. The fraction of sp³-hybridized carbons (Fsp3) is 0.286. The fourth-order valence-corrected chi connectivity index (χ4v) is 6.22. The van der Waals surface area contributed by atoms with Crippen molar-refractivity contribution in [3.05, 3.63) is 34.3 Å². The van der Waals surface area contributed by atoms with Crippen molar-refractivity contribution < 1.29 is 25.2 Å². The van der Waals surface area contributed by atoms with Crippen LogP contribution in [0.5, 0.6) is 10.4 Å². The van der Waals surface area contributed by atoms with E-state index >= 15 is 0 Å². The molecule has 0 unspecified atom stereocenters. The highest BCUT2D eigenvalue weighted by Gasteiger charge is 2.24. The van der Waals surface area contributed by atoms with Crippen molar-refractivity contribution in [2.75, 3.05) is 11.5 Å². The molecule has 2 aromatic heterocycles. The predicted octanol–water partition coefficient (Wildman–Crippen LogP) is 2.62. The number of rotatable bonds is 9. The van der Waals surface area contributed by atoms with Crippen LogP contribution >= 0.6 is 22.7 Å². The summed E-state index contributed by atoms with van der Waals surface area (Å²) in [5, 5.41) is -0.191. The van der Waals surface area contributed by atoms with Crippen molar-refractivity contribution in [1.82, 2.24) is 9.97 Å². The first-order valence-electron chi connectivity index (χ1n) is 7.09. The summed E-state index contributed by atoms with van der Waals surface area (Å²) in [7, 11) is -8.32. The molecule has 2 heterocycles. The molecule has 12 heteroatoms. The van der Waals surface area contributed by atoms with Crippen molar-refractivity contribution in [3.63, 3.8) is 0 Å². The minimum atomic E-state index is -4.16. The normalized spacial score (nSPS) is 11.9. The number of nitrogens with zero attached hydrogens (tertiary/aromatic N) is 2. The van der Waals surface area contributed by atoms with Crippen molar-refractivity contribution in [1.29, 1.82) is 0 Å². The Labute approximate surface area is 160 Å². The first kappa shape index (κ1) is 20.6. The van der Waals surface area contributed by atoms with Gasteiger partial charge in [0.2, 0.25) is 0 Å². The summed E-state index contributed by atoms with van der Waals surface area (Å²) in [6.07, 6.45) is 3.05. The molecule has 0 fully saturated rings. The Morgan fingerprint density at radius 3 is 1.46 bits per heavy atom. The molecule has 0 atom stereocenters. The summed E-state index contributed by atoms with van der Waals surface area (Å²) >= 11 is 2.00. The molecule has 0 saturated heterocycles. The summed E-state index contributed by atoms with van der Waals surface area (Å²) < 4.78 is 57.6. The van der Waals surface area contributed by atoms with Gasteiger partial charge in [-0.2, -0.15) is 16.8 Å². The highest BCUT2D eigenvalue weighted by Crippen LogP contribution is 2.28. The molecule has 0 aromatic carbocycles. The van der Waals surface area contributed by atoms with Crippen LogP contribution in [0.2, 0.25) is 0 Å². The Bertz CT molecular complexity index is 949. The van der Waals surface area contributed by atoms with Crippen LogP contribution in [0.1, 0.15) is 21.1 Å². The number of aryl methyl sites for hydroxylation is 2. The zero-order valence-electron chi connectivity index (χ0n) is 14.0. The van der Waals surface area contributed by atoms with E-state index < -0.39 is 31.7 Å². The van der Waals surface area contributed by atoms with Crippen LogP contribution in [-0.2, 0) is 20.2 Å². The zero-order valence-corrected chi connectivity index (χ0v) is 17.2. The largest absolute Gasteiger partial charge is 0.351 e. The summed E-state index contributed by atoms with van der Waals surface area (Å²) in [6, 6.07) is 0. The van der Waals surface area contributed by atoms with E-state index in [4.69, 9.17) is 8.37 Å². The van der Waals surface area contributed by atoms with Gasteiger partial charge in [-0.05, 0) is 13.8 Å². The van der Waals surface area contributed by atoms with E-state index in [1.165, 1.54) is 12.2 Å². The van der Waals surface area contributed by atoms with Crippen LogP contribution in [0, 0.1) is 13.8 Å². The van der Waals surface area contributed by atoms with Gasteiger partial charge in [0, 0.05) is 0 Å². The second-order valence-corrected chi connectivity index (χ2v) is 10.3. The molecule has 0 spiro atoms. The second kappa shape index (κ2) is 7.86. The Hall–Kier alpha value is -1.76. The molecule has 2 rings (SSSR count). The lowest BCUT2D eigenvalue weighted by Gasteiger charge is -2.05. The molecule has 0 N–H and O–H groups in total. The Morgan fingerprint density at radius 1 is 0.846 bits per heavy atom. The van der Waals surface area contributed by atoms with Crippen molar-refractivity contribution >= 4 is 55.1 Å². The maximum absolute atomic E-state index is 12.0. The van der Waals surface area contributed by atoms with Gasteiger partial charge in [0.25, 0.3) is 10.4 Å². The molecule has 2 aromatic rings. The highest BCUT2D eigenvalue weighted by atomic mass is 32.2. The minimum absolute atomic E-state index is 0.0955. The molecule has 0 saturated carbocycles. The van der Waals surface area contributed by atoms with E-state index in [2.05, 4.69) is 23.1 Å². The zero-order chi connectivity index (χ0) is 19.5. The molecule has 0 aliphatic heterocycles. The molecular weight excluding hydrogens is 420 g/mol. The molecule has 0 aliphatic rings. The van der Waals surface area contributed by atoms with E-state index in [0.29, 0.717) is 21.1 Å². The van der Waals surface area contributed by atoms with Gasteiger partial charge in [-0.3, -0.25) is 0 Å². The Balaban J connectivity index is 2.02. The molecule has 0 radical (unpaired) electrons. The summed E-state index contributed by atoms with van der Waals surface area (Å²) in [5.41, 5.74) is 1.15. The van der Waals surface area contributed by atoms with E-state index in [9.17, 15) is 16.8 Å². The average Bonchev–Trinajstić information content (AvgIpc) is 3.06. The summed E-state index contributed by atoms with van der Waals surface area (Å²) in [4.78, 5) is 9.24. The Morgan fingerprint density at radius 2 is 1.19 bits per heavy atom. The third-order valence-electron chi connectivity index (χ3n) is 2.98. The minimum Gasteiger partial charge on any atom is -0.351 e. The van der Waals surface area contributed by atoms with E-state index in [0.717, 1.165) is 22.7 Å². The van der Waals surface area contributed by atoms with Crippen LogP contribution < -0.4 is 8.37 Å². The van der Waals surface area contributed by atoms with Gasteiger partial charge >= 0.3 is 20.2 Å². The van der Waals surface area contributed by atoms with Crippen LogP contribution in [0.25, 0.3) is 12.2 Å². The van der Waals surface area contributed by atoms with E-state index in [1.807, 2.05) is 0 Å². The van der Waals surface area contributed by atoms with Crippen molar-refractivity contribution in [3.8, 4) is 10.4 Å². The van der Waals surface area contributed by atoms with E-state index in [-0.39, 0.29) is 10.4 Å². The fourth-order valence-electron chi connectivity index (χ4n) is 1.72. The van der Waals surface area contributed by atoms with Gasteiger partial charge in [-0.1, -0.05) is 48.0 Å². The first-order valence-corrected chi connectivity index (χ1v) is 11.9. The van der Waals surface area contributed by atoms with Crippen LogP contribution in [0.3, 0.4) is 0 Å². The molecule has 26 heavy (non-hydrogen) atoms. The maximum Gasteiger partial charge on any atom is 0.312 e. The lowest BCUT2D eigenvalue weighted by Crippen LogP contribution is -2.24. The molecule has 142 valence electrons. The maximum atomic E-state index is 12.0. The van der Waals surface area contributed by atoms with Gasteiger partial charge in [0.05, 0.1) is 21.1 Å². The van der Waals surface area contributed by atoms with Gasteiger partial charge in [0.1, 0.15) is 11.5 Å². The lowest BCUT2D eigenvalue weighted by atomic mass is 10.4. The first-order chi connectivity index (χ1) is 12.0. The molecule has 0 aliphatic carbocycles. The molecule has 0 bridgehead atoms. The van der Waals surface area contributed by atoms with Crippen LogP contribution in [0.15, 0.2) is 13.2 Å².